The molecule has 0 fully saturated rings. The summed E-state index contributed by atoms with van der Waals surface area (Å²) in [5.74, 6) is 1.06. The summed E-state index contributed by atoms with van der Waals surface area (Å²) in [5, 5.41) is 16.1. The minimum Gasteiger partial charge on any atom is -0.493 e. The predicted molar refractivity (Wildman–Crippen MR) is 90.3 cm³/mol. The van der Waals surface area contributed by atoms with Gasteiger partial charge in [0.1, 0.15) is 6.07 Å². The molecule has 1 rings (SSSR count). The van der Waals surface area contributed by atoms with Crippen molar-refractivity contribution in [3.8, 4) is 17.6 Å². The number of hydrogen-bond donors (Lipinski definition) is 2. The lowest BCUT2D eigenvalue weighted by atomic mass is 10.2. The quantitative estimate of drug-likeness (QED) is 0.331. The van der Waals surface area contributed by atoms with E-state index in [-0.39, 0.29) is 6.61 Å². The van der Waals surface area contributed by atoms with Crippen molar-refractivity contribution in [3.63, 3.8) is 0 Å². The summed E-state index contributed by atoms with van der Waals surface area (Å²) in [5.41, 5.74) is 3.58. The van der Waals surface area contributed by atoms with Crippen LogP contribution in [0, 0.1) is 11.3 Å². The van der Waals surface area contributed by atoms with Gasteiger partial charge in [-0.05, 0) is 42.4 Å². The molecule has 1 aromatic carbocycles. The second-order valence-electron chi connectivity index (χ2n) is 4.34. The smallest absolute Gasteiger partial charge is 0.186 e. The van der Waals surface area contributed by atoms with Crippen molar-refractivity contribution in [2.45, 2.75) is 19.8 Å². The first-order valence-electron chi connectivity index (χ1n) is 6.96. The summed E-state index contributed by atoms with van der Waals surface area (Å²) in [6.07, 6.45) is 3.80. The minimum atomic E-state index is -0.0248. The van der Waals surface area contributed by atoms with E-state index >= 15 is 0 Å². The number of hydrogen-bond acceptors (Lipinski definition) is 5. The molecule has 0 amide bonds. The fourth-order valence-electron chi connectivity index (χ4n) is 1.58. The van der Waals surface area contributed by atoms with Crippen LogP contribution < -0.4 is 20.2 Å². The van der Waals surface area contributed by atoms with Crippen LogP contribution in [-0.4, -0.2) is 31.6 Å². The largest absolute Gasteiger partial charge is 0.493 e. The van der Waals surface area contributed by atoms with E-state index in [1.165, 1.54) is 0 Å². The van der Waals surface area contributed by atoms with E-state index in [0.717, 1.165) is 24.9 Å². The van der Waals surface area contributed by atoms with Crippen LogP contribution in [0.5, 0.6) is 11.5 Å². The highest BCUT2D eigenvalue weighted by molar-refractivity contribution is 7.80. The van der Waals surface area contributed by atoms with Crippen molar-refractivity contribution < 1.29 is 9.47 Å². The predicted octanol–water partition coefficient (Wildman–Crippen LogP) is 2.20. The number of hydrazone groups is 1. The second-order valence-corrected chi connectivity index (χ2v) is 4.74. The van der Waals surface area contributed by atoms with Crippen molar-refractivity contribution in [1.82, 2.24) is 10.7 Å². The van der Waals surface area contributed by atoms with Gasteiger partial charge in [-0.15, -0.1) is 0 Å². The second kappa shape index (κ2) is 10.4. The third-order valence-corrected chi connectivity index (χ3v) is 2.91. The van der Waals surface area contributed by atoms with Gasteiger partial charge in [-0.3, -0.25) is 5.43 Å². The Hall–Kier alpha value is -2.33. The average Bonchev–Trinajstić information content (AvgIpc) is 2.53. The van der Waals surface area contributed by atoms with Crippen molar-refractivity contribution in [3.05, 3.63) is 23.8 Å². The van der Waals surface area contributed by atoms with Gasteiger partial charge in [0.15, 0.2) is 23.2 Å². The van der Waals surface area contributed by atoms with Gasteiger partial charge in [-0.2, -0.15) is 10.4 Å². The first-order valence-corrected chi connectivity index (χ1v) is 7.36. The maximum atomic E-state index is 8.53. The van der Waals surface area contributed by atoms with E-state index in [0.29, 0.717) is 16.6 Å². The average molecular weight is 320 g/mol. The van der Waals surface area contributed by atoms with E-state index in [1.54, 1.807) is 25.5 Å². The van der Waals surface area contributed by atoms with Crippen LogP contribution in [0.2, 0.25) is 0 Å². The molecule has 0 spiro atoms. The van der Waals surface area contributed by atoms with Gasteiger partial charge in [-0.1, -0.05) is 13.3 Å². The number of rotatable bonds is 8. The zero-order valence-corrected chi connectivity index (χ0v) is 13.6. The SMILES string of the molecule is CCCCNC(=S)N/N=C\c1ccc(OCC#N)c(OC)c1. The third kappa shape index (κ3) is 6.41. The Kier molecular flexibility index (Phi) is 8.38. The fourth-order valence-corrected chi connectivity index (χ4v) is 1.73. The molecule has 0 saturated heterocycles. The number of ether oxygens (including phenoxy) is 2. The maximum Gasteiger partial charge on any atom is 0.186 e. The van der Waals surface area contributed by atoms with Crippen LogP contribution in [0.25, 0.3) is 0 Å². The van der Waals surface area contributed by atoms with E-state index in [2.05, 4.69) is 22.8 Å². The lowest BCUT2D eigenvalue weighted by Gasteiger charge is -2.09. The van der Waals surface area contributed by atoms with Gasteiger partial charge >= 0.3 is 0 Å². The highest BCUT2D eigenvalue weighted by atomic mass is 32.1. The first-order chi connectivity index (χ1) is 10.7. The van der Waals surface area contributed by atoms with E-state index < -0.39 is 0 Å². The fraction of sp³-hybridized carbons (Fsp3) is 0.400. The Balaban J connectivity index is 2.56. The van der Waals surface area contributed by atoms with Crippen LogP contribution in [-0.2, 0) is 0 Å². The number of unbranched alkanes of at least 4 members (excludes halogenated alkanes) is 1. The number of methoxy groups -OCH3 is 1. The molecule has 0 heterocycles. The summed E-state index contributed by atoms with van der Waals surface area (Å²) in [6, 6.07) is 7.23. The standard InChI is InChI=1S/C15H20N4O2S/c1-3-4-8-17-15(22)19-18-11-12-5-6-13(21-9-7-16)14(10-12)20-2/h5-6,10-11H,3-4,8-9H2,1-2H3,(H2,17,19,22)/b18-11-. The van der Waals surface area contributed by atoms with Crippen molar-refractivity contribution in [1.29, 1.82) is 5.26 Å². The highest BCUT2D eigenvalue weighted by Gasteiger charge is 2.04. The molecule has 2 N–H and O–H groups in total. The lowest BCUT2D eigenvalue weighted by Crippen LogP contribution is -2.32. The molecule has 1 aromatic rings. The summed E-state index contributed by atoms with van der Waals surface area (Å²) in [4.78, 5) is 0. The van der Waals surface area contributed by atoms with Gasteiger partial charge in [0.05, 0.1) is 13.3 Å². The van der Waals surface area contributed by atoms with Crippen molar-refractivity contribution >= 4 is 23.5 Å². The maximum absolute atomic E-state index is 8.53. The zero-order valence-electron chi connectivity index (χ0n) is 12.8. The molecule has 0 atom stereocenters. The molecule has 0 radical (unpaired) electrons. The molecule has 0 aliphatic heterocycles. The highest BCUT2D eigenvalue weighted by Crippen LogP contribution is 2.27. The zero-order chi connectivity index (χ0) is 16.2. The Morgan fingerprint density at radius 2 is 2.27 bits per heavy atom. The van der Waals surface area contributed by atoms with Gasteiger partial charge < -0.3 is 14.8 Å². The summed E-state index contributed by atoms with van der Waals surface area (Å²) >= 11 is 5.09. The molecule has 0 aliphatic rings. The molecule has 0 aromatic heterocycles. The topological polar surface area (TPSA) is 78.7 Å². The molecule has 7 heteroatoms. The molecular weight excluding hydrogens is 300 g/mol. The van der Waals surface area contributed by atoms with Gasteiger partial charge in [0.2, 0.25) is 0 Å². The summed E-state index contributed by atoms with van der Waals surface area (Å²) in [7, 11) is 1.54. The minimum absolute atomic E-state index is 0.0248. The summed E-state index contributed by atoms with van der Waals surface area (Å²) in [6.45, 7) is 2.92. The number of thiocarbonyl (C=S) groups is 1. The number of nitrogens with zero attached hydrogens (tertiary/aromatic N) is 2. The molecule has 0 saturated carbocycles. The van der Waals surface area contributed by atoms with E-state index in [9.17, 15) is 0 Å². The van der Waals surface area contributed by atoms with E-state index in [4.69, 9.17) is 27.0 Å². The van der Waals surface area contributed by atoms with Crippen LogP contribution in [0.3, 0.4) is 0 Å². The molecular formula is C15H20N4O2S. The third-order valence-electron chi connectivity index (χ3n) is 2.68. The van der Waals surface area contributed by atoms with Crippen LogP contribution >= 0.6 is 12.2 Å². The number of nitrogens with one attached hydrogen (secondary N) is 2. The number of nitriles is 1. The molecule has 22 heavy (non-hydrogen) atoms. The van der Waals surface area contributed by atoms with Gasteiger partial charge in [0.25, 0.3) is 0 Å². The Morgan fingerprint density at radius 1 is 1.45 bits per heavy atom. The Labute approximate surface area is 136 Å². The normalized spacial score (nSPS) is 10.0. The Morgan fingerprint density at radius 3 is 2.95 bits per heavy atom. The molecule has 0 aliphatic carbocycles. The van der Waals surface area contributed by atoms with Crippen molar-refractivity contribution in [2.75, 3.05) is 20.3 Å². The Bertz CT molecular complexity index is 555. The summed E-state index contributed by atoms with van der Waals surface area (Å²) < 4.78 is 10.5. The van der Waals surface area contributed by atoms with Gasteiger partial charge in [0, 0.05) is 6.54 Å². The molecule has 0 bridgehead atoms. The van der Waals surface area contributed by atoms with Crippen LogP contribution in [0.4, 0.5) is 0 Å². The van der Waals surface area contributed by atoms with Crippen molar-refractivity contribution in [2.24, 2.45) is 5.10 Å². The van der Waals surface area contributed by atoms with Crippen LogP contribution in [0.1, 0.15) is 25.3 Å². The van der Waals surface area contributed by atoms with E-state index in [1.807, 2.05) is 12.1 Å². The van der Waals surface area contributed by atoms with Crippen LogP contribution in [0.15, 0.2) is 23.3 Å². The van der Waals surface area contributed by atoms with Gasteiger partial charge in [-0.25, -0.2) is 0 Å². The number of benzene rings is 1. The molecule has 6 nitrogen and oxygen atoms in total. The monoisotopic (exact) mass is 320 g/mol. The molecule has 0 unspecified atom stereocenters. The molecule has 118 valence electrons. The lowest BCUT2D eigenvalue weighted by molar-refractivity contribution is 0.329. The first kappa shape index (κ1) is 17.7.